The molecule has 1 aromatic carbocycles. The molecule has 1 aromatic heterocycles. The van der Waals surface area contributed by atoms with Crippen LogP contribution in [0.15, 0.2) is 24.3 Å². The Morgan fingerprint density at radius 1 is 1.08 bits per heavy atom. The molecule has 1 aliphatic rings. The Balaban J connectivity index is 1.91. The van der Waals surface area contributed by atoms with E-state index in [4.69, 9.17) is 0 Å². The lowest BCUT2D eigenvalue weighted by Gasteiger charge is -2.35. The van der Waals surface area contributed by atoms with Gasteiger partial charge in [0.1, 0.15) is 17.5 Å². The average molecular weight is 378 g/mol. The summed E-state index contributed by atoms with van der Waals surface area (Å²) < 4.78 is 39.0. The summed E-state index contributed by atoms with van der Waals surface area (Å²) >= 11 is 0. The molecule has 3 rings (SSSR count). The van der Waals surface area contributed by atoms with E-state index in [2.05, 4.69) is 14.9 Å². The minimum absolute atomic E-state index is 0.250. The van der Waals surface area contributed by atoms with Crippen LogP contribution < -0.4 is 4.90 Å². The third kappa shape index (κ3) is 4.02. The second kappa shape index (κ2) is 7.28. The van der Waals surface area contributed by atoms with Crippen molar-refractivity contribution in [2.24, 2.45) is 0 Å². The molecule has 2 aromatic rings. The number of nitrogens with zero attached hydrogens (tertiary/aromatic N) is 4. The molecule has 2 heterocycles. The predicted molar refractivity (Wildman–Crippen MR) is 99.3 cm³/mol. The van der Waals surface area contributed by atoms with Crippen LogP contribution in [0.3, 0.4) is 0 Å². The highest BCUT2D eigenvalue weighted by atomic mass is 32.2. The summed E-state index contributed by atoms with van der Waals surface area (Å²) in [6, 6.07) is 6.69. The Bertz CT molecular complexity index is 909. The van der Waals surface area contributed by atoms with Crippen LogP contribution >= 0.6 is 0 Å². The van der Waals surface area contributed by atoms with Crippen LogP contribution in [0.1, 0.15) is 22.6 Å². The zero-order valence-corrected chi connectivity index (χ0v) is 16.1. The number of sulfonamides is 1. The van der Waals surface area contributed by atoms with E-state index < -0.39 is 10.0 Å². The molecule has 0 saturated carbocycles. The number of piperazine rings is 1. The summed E-state index contributed by atoms with van der Waals surface area (Å²) in [5.74, 6) is 1.17. The van der Waals surface area contributed by atoms with Crippen molar-refractivity contribution in [2.45, 2.75) is 20.3 Å². The number of hydrogen-bond donors (Lipinski definition) is 0. The summed E-state index contributed by atoms with van der Waals surface area (Å²) in [5, 5.41) is 0. The second-order valence-corrected chi connectivity index (χ2v) is 8.56. The van der Waals surface area contributed by atoms with Gasteiger partial charge in [0.2, 0.25) is 10.0 Å². The van der Waals surface area contributed by atoms with Crippen molar-refractivity contribution in [3.8, 4) is 0 Å². The van der Waals surface area contributed by atoms with Gasteiger partial charge in [0.25, 0.3) is 0 Å². The molecule has 1 aliphatic heterocycles. The second-order valence-electron chi connectivity index (χ2n) is 6.58. The minimum Gasteiger partial charge on any atom is -0.354 e. The number of aryl methyl sites for hydroxylation is 2. The van der Waals surface area contributed by atoms with Crippen molar-refractivity contribution in [1.29, 1.82) is 0 Å². The van der Waals surface area contributed by atoms with E-state index in [1.807, 2.05) is 19.9 Å². The lowest BCUT2D eigenvalue weighted by Crippen LogP contribution is -2.49. The molecule has 8 heteroatoms. The Morgan fingerprint density at radius 3 is 2.35 bits per heavy atom. The quantitative estimate of drug-likeness (QED) is 0.813. The van der Waals surface area contributed by atoms with Gasteiger partial charge in [-0.2, -0.15) is 4.31 Å². The van der Waals surface area contributed by atoms with Crippen LogP contribution in [0, 0.1) is 19.7 Å². The first-order chi connectivity index (χ1) is 12.3. The number of anilines is 1. The van der Waals surface area contributed by atoms with Gasteiger partial charge in [-0.1, -0.05) is 18.2 Å². The van der Waals surface area contributed by atoms with E-state index in [1.54, 1.807) is 12.1 Å². The molecular weight excluding hydrogens is 355 g/mol. The maximum absolute atomic E-state index is 14.1. The molecule has 0 N–H and O–H groups in total. The van der Waals surface area contributed by atoms with Gasteiger partial charge >= 0.3 is 0 Å². The monoisotopic (exact) mass is 378 g/mol. The molecule has 1 saturated heterocycles. The van der Waals surface area contributed by atoms with Gasteiger partial charge in [-0.3, -0.25) is 0 Å². The highest BCUT2D eigenvalue weighted by Gasteiger charge is 2.26. The SMILES string of the molecule is Cc1nc(C)c(Cc2ccccc2F)c(N2CCN(S(C)(=O)=O)CC2)n1. The van der Waals surface area contributed by atoms with E-state index >= 15 is 0 Å². The van der Waals surface area contributed by atoms with Gasteiger partial charge in [0.15, 0.2) is 0 Å². The highest BCUT2D eigenvalue weighted by molar-refractivity contribution is 7.88. The van der Waals surface area contributed by atoms with Gasteiger partial charge in [-0.15, -0.1) is 0 Å². The number of halogens is 1. The smallest absolute Gasteiger partial charge is 0.211 e. The molecule has 0 bridgehead atoms. The Hall–Kier alpha value is -2.06. The normalized spacial score (nSPS) is 16.1. The lowest BCUT2D eigenvalue weighted by atomic mass is 10.0. The molecule has 0 amide bonds. The van der Waals surface area contributed by atoms with Gasteiger partial charge in [-0.25, -0.2) is 22.8 Å². The third-order valence-corrected chi connectivity index (χ3v) is 5.94. The van der Waals surface area contributed by atoms with Crippen molar-refractivity contribution < 1.29 is 12.8 Å². The third-order valence-electron chi connectivity index (χ3n) is 4.64. The first-order valence-corrected chi connectivity index (χ1v) is 10.4. The van der Waals surface area contributed by atoms with Crippen molar-refractivity contribution in [2.75, 3.05) is 37.3 Å². The fourth-order valence-corrected chi connectivity index (χ4v) is 4.08. The maximum Gasteiger partial charge on any atom is 0.211 e. The van der Waals surface area contributed by atoms with E-state index in [1.165, 1.54) is 16.6 Å². The Morgan fingerprint density at radius 2 is 1.73 bits per heavy atom. The molecule has 26 heavy (non-hydrogen) atoms. The van der Waals surface area contributed by atoms with Crippen LogP contribution in [-0.2, 0) is 16.4 Å². The number of benzene rings is 1. The first-order valence-electron chi connectivity index (χ1n) is 8.53. The molecular formula is C18H23FN4O2S. The van der Waals surface area contributed by atoms with Crippen LogP contribution in [0.4, 0.5) is 10.2 Å². The van der Waals surface area contributed by atoms with E-state index in [0.717, 1.165) is 17.1 Å². The molecule has 0 unspecified atom stereocenters. The largest absolute Gasteiger partial charge is 0.354 e. The van der Waals surface area contributed by atoms with Crippen molar-refractivity contribution in [3.63, 3.8) is 0 Å². The van der Waals surface area contributed by atoms with Crippen molar-refractivity contribution in [1.82, 2.24) is 14.3 Å². The summed E-state index contributed by atoms with van der Waals surface area (Å²) in [6.07, 6.45) is 1.63. The number of hydrogen-bond acceptors (Lipinski definition) is 5. The highest BCUT2D eigenvalue weighted by Crippen LogP contribution is 2.26. The molecule has 0 atom stereocenters. The van der Waals surface area contributed by atoms with E-state index in [0.29, 0.717) is 44.0 Å². The van der Waals surface area contributed by atoms with Crippen LogP contribution in [-0.4, -0.2) is 55.1 Å². The van der Waals surface area contributed by atoms with Gasteiger partial charge in [-0.05, 0) is 25.5 Å². The lowest BCUT2D eigenvalue weighted by molar-refractivity contribution is 0.386. The summed E-state index contributed by atoms with van der Waals surface area (Å²) in [5.41, 5.74) is 2.30. The predicted octanol–water partition coefficient (Wildman–Crippen LogP) is 1.90. The van der Waals surface area contributed by atoms with Gasteiger partial charge in [0.05, 0.1) is 6.26 Å². The zero-order valence-electron chi connectivity index (χ0n) is 15.2. The molecule has 0 radical (unpaired) electrons. The van der Waals surface area contributed by atoms with E-state index in [-0.39, 0.29) is 5.82 Å². The maximum atomic E-state index is 14.1. The van der Waals surface area contributed by atoms with Crippen molar-refractivity contribution >= 4 is 15.8 Å². The van der Waals surface area contributed by atoms with Crippen LogP contribution in [0.5, 0.6) is 0 Å². The average Bonchev–Trinajstić information content (AvgIpc) is 2.58. The molecule has 140 valence electrons. The number of rotatable bonds is 4. The van der Waals surface area contributed by atoms with Crippen LogP contribution in [0.25, 0.3) is 0 Å². The Kier molecular flexibility index (Phi) is 5.24. The van der Waals surface area contributed by atoms with Gasteiger partial charge in [0, 0.05) is 43.9 Å². The van der Waals surface area contributed by atoms with Gasteiger partial charge < -0.3 is 4.90 Å². The van der Waals surface area contributed by atoms with E-state index in [9.17, 15) is 12.8 Å². The summed E-state index contributed by atoms with van der Waals surface area (Å²) in [4.78, 5) is 11.1. The summed E-state index contributed by atoms with van der Waals surface area (Å²) in [6.45, 7) is 5.66. The standard InChI is InChI=1S/C18H23FN4O2S/c1-13-16(12-15-6-4-5-7-17(15)19)18(21-14(2)20-13)22-8-10-23(11-9-22)26(3,24)25/h4-7H,8-12H2,1-3H3. The fraction of sp³-hybridized carbons (Fsp3) is 0.444. The first kappa shape index (κ1) is 18.7. The molecule has 0 spiro atoms. The molecule has 0 aliphatic carbocycles. The van der Waals surface area contributed by atoms with Crippen LogP contribution in [0.2, 0.25) is 0 Å². The zero-order chi connectivity index (χ0) is 18.9. The molecule has 6 nitrogen and oxygen atoms in total. The minimum atomic E-state index is -3.19. The topological polar surface area (TPSA) is 66.4 Å². The Labute approximate surface area is 153 Å². The summed E-state index contributed by atoms with van der Waals surface area (Å²) in [7, 11) is -3.19. The van der Waals surface area contributed by atoms with Crippen molar-refractivity contribution in [3.05, 3.63) is 52.7 Å². The number of aromatic nitrogens is 2. The fourth-order valence-electron chi connectivity index (χ4n) is 3.25. The molecule has 1 fully saturated rings.